The molecule has 0 fully saturated rings. The fourth-order valence-corrected chi connectivity index (χ4v) is 3.63. The van der Waals surface area contributed by atoms with Crippen molar-refractivity contribution in [1.82, 2.24) is 10.4 Å². The second-order valence-electron chi connectivity index (χ2n) is 6.63. The minimum atomic E-state index is -0.211. The predicted molar refractivity (Wildman–Crippen MR) is 109 cm³/mol. The SMILES string of the molecule is CCc1ccc(C=NNC(=O)c2cc(CC(C)C)nc3ccccc23)s1. The number of hydrazone groups is 1. The molecule has 0 spiro atoms. The summed E-state index contributed by atoms with van der Waals surface area (Å²) in [5.74, 6) is 0.265. The highest BCUT2D eigenvalue weighted by Crippen LogP contribution is 2.20. The molecule has 2 heterocycles. The predicted octanol–water partition coefficient (Wildman–Crippen LogP) is 4.82. The Bertz CT molecular complexity index is 943. The molecule has 0 saturated carbocycles. The van der Waals surface area contributed by atoms with Gasteiger partial charge in [-0.05, 0) is 43.0 Å². The van der Waals surface area contributed by atoms with Crippen molar-refractivity contribution < 1.29 is 4.79 Å². The van der Waals surface area contributed by atoms with E-state index in [9.17, 15) is 4.79 Å². The third-order valence-electron chi connectivity index (χ3n) is 4.02. The molecule has 134 valence electrons. The standard InChI is InChI=1S/C21H23N3OS/c1-4-16-9-10-17(26-16)13-22-24-21(25)19-12-15(11-14(2)3)23-20-8-6-5-7-18(19)20/h5-10,12-14H,4,11H2,1-3H3,(H,24,25). The lowest BCUT2D eigenvalue weighted by atomic mass is 10.0. The number of carbonyl (C=O) groups excluding carboxylic acids is 1. The zero-order chi connectivity index (χ0) is 18.5. The lowest BCUT2D eigenvalue weighted by Crippen LogP contribution is -2.18. The van der Waals surface area contributed by atoms with Gasteiger partial charge < -0.3 is 0 Å². The zero-order valence-corrected chi connectivity index (χ0v) is 16.1. The second-order valence-corrected chi connectivity index (χ2v) is 7.83. The molecule has 0 atom stereocenters. The van der Waals surface area contributed by atoms with Crippen molar-refractivity contribution in [3.05, 3.63) is 63.5 Å². The Labute approximate surface area is 158 Å². The number of fused-ring (bicyclic) bond motifs is 1. The van der Waals surface area contributed by atoms with Crippen LogP contribution in [0, 0.1) is 5.92 Å². The van der Waals surface area contributed by atoms with Gasteiger partial charge in [0.25, 0.3) is 5.91 Å². The molecular weight excluding hydrogens is 342 g/mol. The topological polar surface area (TPSA) is 54.4 Å². The highest BCUT2D eigenvalue weighted by atomic mass is 32.1. The summed E-state index contributed by atoms with van der Waals surface area (Å²) >= 11 is 1.68. The van der Waals surface area contributed by atoms with Crippen molar-refractivity contribution in [2.75, 3.05) is 0 Å². The van der Waals surface area contributed by atoms with E-state index < -0.39 is 0 Å². The molecule has 4 nitrogen and oxygen atoms in total. The quantitative estimate of drug-likeness (QED) is 0.503. The van der Waals surface area contributed by atoms with Gasteiger partial charge in [0.2, 0.25) is 0 Å². The van der Waals surface area contributed by atoms with E-state index >= 15 is 0 Å². The summed E-state index contributed by atoms with van der Waals surface area (Å²) in [6.45, 7) is 6.41. The Morgan fingerprint density at radius 3 is 2.81 bits per heavy atom. The summed E-state index contributed by atoms with van der Waals surface area (Å²) < 4.78 is 0. The maximum atomic E-state index is 12.7. The van der Waals surface area contributed by atoms with Crippen molar-refractivity contribution in [2.24, 2.45) is 11.0 Å². The smallest absolute Gasteiger partial charge is 0.267 e. The van der Waals surface area contributed by atoms with Crippen LogP contribution < -0.4 is 5.43 Å². The number of para-hydroxylation sites is 1. The minimum absolute atomic E-state index is 0.211. The maximum Gasteiger partial charge on any atom is 0.272 e. The van der Waals surface area contributed by atoms with E-state index in [2.05, 4.69) is 42.3 Å². The molecule has 1 amide bonds. The van der Waals surface area contributed by atoms with Crippen LogP contribution in [0.2, 0.25) is 0 Å². The van der Waals surface area contributed by atoms with E-state index in [0.717, 1.165) is 34.3 Å². The van der Waals surface area contributed by atoms with Gasteiger partial charge >= 0.3 is 0 Å². The van der Waals surface area contributed by atoms with Gasteiger partial charge in [-0.1, -0.05) is 39.0 Å². The summed E-state index contributed by atoms with van der Waals surface area (Å²) in [5, 5.41) is 4.97. The van der Waals surface area contributed by atoms with E-state index in [1.165, 1.54) is 4.88 Å². The molecule has 3 rings (SSSR count). The first-order valence-electron chi connectivity index (χ1n) is 8.87. The average molecular weight is 366 g/mol. The Balaban J connectivity index is 1.84. The summed E-state index contributed by atoms with van der Waals surface area (Å²) in [5.41, 5.74) is 5.04. The van der Waals surface area contributed by atoms with Gasteiger partial charge in [0.15, 0.2) is 0 Å². The lowest BCUT2D eigenvalue weighted by Gasteiger charge is -2.10. The van der Waals surface area contributed by atoms with Gasteiger partial charge in [0.05, 0.1) is 17.3 Å². The van der Waals surface area contributed by atoms with Crippen molar-refractivity contribution in [3.8, 4) is 0 Å². The van der Waals surface area contributed by atoms with Gasteiger partial charge in [-0.2, -0.15) is 5.10 Å². The Morgan fingerprint density at radius 2 is 2.08 bits per heavy atom. The van der Waals surface area contributed by atoms with Gasteiger partial charge in [-0.25, -0.2) is 5.43 Å². The Hall–Kier alpha value is -2.53. The fourth-order valence-electron chi connectivity index (χ4n) is 2.81. The molecule has 0 aliphatic heterocycles. The monoisotopic (exact) mass is 365 g/mol. The molecule has 0 saturated heterocycles. The van der Waals surface area contributed by atoms with E-state index in [1.807, 2.05) is 36.4 Å². The molecular formula is C21H23N3OS. The number of hydrogen-bond acceptors (Lipinski definition) is 4. The summed E-state index contributed by atoms with van der Waals surface area (Å²) in [7, 11) is 0. The molecule has 0 unspecified atom stereocenters. The number of aryl methyl sites for hydroxylation is 1. The minimum Gasteiger partial charge on any atom is -0.267 e. The van der Waals surface area contributed by atoms with Crippen molar-refractivity contribution in [1.29, 1.82) is 0 Å². The van der Waals surface area contributed by atoms with E-state index in [0.29, 0.717) is 11.5 Å². The van der Waals surface area contributed by atoms with Crippen LogP contribution in [0.4, 0.5) is 0 Å². The molecule has 0 aliphatic rings. The van der Waals surface area contributed by atoms with Crippen LogP contribution in [0.5, 0.6) is 0 Å². The normalized spacial score (nSPS) is 11.5. The first-order valence-corrected chi connectivity index (χ1v) is 9.69. The number of carbonyl (C=O) groups is 1. The Kier molecular flexibility index (Phi) is 5.78. The third-order valence-corrected chi connectivity index (χ3v) is 5.18. The molecule has 1 N–H and O–H groups in total. The van der Waals surface area contributed by atoms with E-state index in [1.54, 1.807) is 17.6 Å². The number of thiophene rings is 1. The fraction of sp³-hybridized carbons (Fsp3) is 0.286. The molecule has 1 aromatic carbocycles. The number of hydrogen-bond donors (Lipinski definition) is 1. The zero-order valence-electron chi connectivity index (χ0n) is 15.3. The molecule has 0 bridgehead atoms. The van der Waals surface area contributed by atoms with Gasteiger partial charge in [-0.15, -0.1) is 11.3 Å². The first-order chi connectivity index (χ1) is 12.6. The molecule has 3 aromatic rings. The molecule has 0 aliphatic carbocycles. The van der Waals surface area contributed by atoms with Crippen LogP contribution in [0.3, 0.4) is 0 Å². The van der Waals surface area contributed by atoms with Crippen LogP contribution in [-0.4, -0.2) is 17.1 Å². The van der Waals surface area contributed by atoms with Gasteiger partial charge in [0, 0.05) is 20.8 Å². The van der Waals surface area contributed by atoms with Crippen molar-refractivity contribution in [3.63, 3.8) is 0 Å². The molecule has 2 aromatic heterocycles. The van der Waals surface area contributed by atoms with Crippen molar-refractivity contribution >= 4 is 34.4 Å². The van der Waals surface area contributed by atoms with Crippen LogP contribution >= 0.6 is 11.3 Å². The van der Waals surface area contributed by atoms with Crippen molar-refractivity contribution in [2.45, 2.75) is 33.6 Å². The average Bonchev–Trinajstić information content (AvgIpc) is 3.08. The summed E-state index contributed by atoms with van der Waals surface area (Å²) in [6, 6.07) is 13.7. The second kappa shape index (κ2) is 8.23. The van der Waals surface area contributed by atoms with E-state index in [-0.39, 0.29) is 5.91 Å². The van der Waals surface area contributed by atoms with E-state index in [4.69, 9.17) is 0 Å². The number of aromatic nitrogens is 1. The number of nitrogens with zero attached hydrogens (tertiary/aromatic N) is 2. The number of pyridine rings is 1. The molecule has 5 heteroatoms. The van der Waals surface area contributed by atoms with Crippen LogP contribution in [-0.2, 0) is 12.8 Å². The largest absolute Gasteiger partial charge is 0.272 e. The maximum absolute atomic E-state index is 12.7. The highest BCUT2D eigenvalue weighted by Gasteiger charge is 2.13. The van der Waals surface area contributed by atoms with Crippen LogP contribution in [0.1, 0.15) is 46.6 Å². The van der Waals surface area contributed by atoms with Crippen LogP contribution in [0.15, 0.2) is 47.6 Å². The number of nitrogens with one attached hydrogen (secondary N) is 1. The highest BCUT2D eigenvalue weighted by molar-refractivity contribution is 7.13. The third kappa shape index (κ3) is 4.35. The molecule has 0 radical (unpaired) electrons. The number of amides is 1. The van der Waals surface area contributed by atoms with Gasteiger partial charge in [0.1, 0.15) is 0 Å². The Morgan fingerprint density at radius 1 is 1.27 bits per heavy atom. The first kappa shape index (κ1) is 18.3. The molecule has 26 heavy (non-hydrogen) atoms. The lowest BCUT2D eigenvalue weighted by molar-refractivity contribution is 0.0956. The summed E-state index contributed by atoms with van der Waals surface area (Å²) in [6.07, 6.45) is 3.54. The summed E-state index contributed by atoms with van der Waals surface area (Å²) in [4.78, 5) is 19.7. The van der Waals surface area contributed by atoms with Gasteiger partial charge in [-0.3, -0.25) is 9.78 Å². The number of rotatable bonds is 6. The number of benzene rings is 1. The van der Waals surface area contributed by atoms with Crippen LogP contribution in [0.25, 0.3) is 10.9 Å².